The van der Waals surface area contributed by atoms with Gasteiger partial charge < -0.3 is 14.5 Å². The maximum absolute atomic E-state index is 12.0. The van der Waals surface area contributed by atoms with E-state index in [-0.39, 0.29) is 18.2 Å². The van der Waals surface area contributed by atoms with E-state index in [1.807, 2.05) is 30.3 Å². The molecule has 0 aromatic heterocycles. The number of amides is 2. The number of benzene rings is 1. The molecule has 1 aliphatic rings. The first kappa shape index (κ1) is 13.5. The second-order valence-corrected chi connectivity index (χ2v) is 4.46. The molecule has 2 amide bonds. The molecule has 1 heterocycles. The quantitative estimate of drug-likeness (QED) is 0.760. The minimum atomic E-state index is -0.192. The first-order valence-corrected chi connectivity index (χ1v) is 6.35. The van der Waals surface area contributed by atoms with Crippen LogP contribution in [0, 0.1) is 0 Å². The van der Waals surface area contributed by atoms with Gasteiger partial charge in [-0.3, -0.25) is 9.59 Å². The van der Waals surface area contributed by atoms with Crippen molar-refractivity contribution in [2.45, 2.75) is 6.42 Å². The van der Waals surface area contributed by atoms with Crippen LogP contribution in [0.2, 0.25) is 0 Å². The number of nitrogens with zero attached hydrogens (tertiary/aromatic N) is 2. The SMILES string of the molecule is CN(C(=O)CC(=O)N1CCOCC1)c1ccccc1. The van der Waals surface area contributed by atoms with E-state index in [1.165, 1.54) is 4.90 Å². The zero-order valence-corrected chi connectivity index (χ0v) is 11.0. The van der Waals surface area contributed by atoms with Gasteiger partial charge in [-0.05, 0) is 12.1 Å². The Morgan fingerprint density at radius 3 is 2.47 bits per heavy atom. The van der Waals surface area contributed by atoms with Crippen molar-refractivity contribution in [1.82, 2.24) is 4.90 Å². The third-order valence-corrected chi connectivity index (χ3v) is 3.18. The molecule has 0 bridgehead atoms. The highest BCUT2D eigenvalue weighted by Crippen LogP contribution is 2.12. The molecule has 5 heteroatoms. The molecule has 1 fully saturated rings. The normalized spacial score (nSPS) is 15.1. The van der Waals surface area contributed by atoms with Gasteiger partial charge in [0.15, 0.2) is 0 Å². The molecule has 1 aliphatic heterocycles. The second kappa shape index (κ2) is 6.33. The van der Waals surface area contributed by atoms with Crippen LogP contribution in [0.4, 0.5) is 5.69 Å². The molecule has 0 atom stereocenters. The van der Waals surface area contributed by atoms with Gasteiger partial charge in [-0.15, -0.1) is 0 Å². The lowest BCUT2D eigenvalue weighted by Crippen LogP contribution is -2.43. The van der Waals surface area contributed by atoms with E-state index in [0.29, 0.717) is 26.3 Å². The Hall–Kier alpha value is -1.88. The average Bonchev–Trinajstić information content (AvgIpc) is 2.48. The van der Waals surface area contributed by atoms with Crippen LogP contribution in [0.25, 0.3) is 0 Å². The lowest BCUT2D eigenvalue weighted by Gasteiger charge is -2.27. The molecule has 0 saturated carbocycles. The van der Waals surface area contributed by atoms with Crippen molar-refractivity contribution in [1.29, 1.82) is 0 Å². The molecule has 1 aromatic rings. The van der Waals surface area contributed by atoms with Crippen LogP contribution in [0.15, 0.2) is 30.3 Å². The number of ether oxygens (including phenoxy) is 1. The average molecular weight is 262 g/mol. The third kappa shape index (κ3) is 3.54. The van der Waals surface area contributed by atoms with Gasteiger partial charge in [0.2, 0.25) is 11.8 Å². The molecule has 0 N–H and O–H groups in total. The summed E-state index contributed by atoms with van der Waals surface area (Å²) < 4.78 is 5.18. The number of hydrogen-bond acceptors (Lipinski definition) is 3. The Balaban J connectivity index is 1.91. The molecule has 0 unspecified atom stereocenters. The first-order valence-electron chi connectivity index (χ1n) is 6.35. The van der Waals surface area contributed by atoms with E-state index in [0.717, 1.165) is 5.69 Å². The van der Waals surface area contributed by atoms with Gasteiger partial charge in [-0.1, -0.05) is 18.2 Å². The summed E-state index contributed by atoms with van der Waals surface area (Å²) >= 11 is 0. The standard InChI is InChI=1S/C14H18N2O3/c1-15(12-5-3-2-4-6-12)13(17)11-14(18)16-7-9-19-10-8-16/h2-6H,7-11H2,1H3. The summed E-state index contributed by atoms with van der Waals surface area (Å²) in [6.45, 7) is 2.24. The number of anilines is 1. The second-order valence-electron chi connectivity index (χ2n) is 4.46. The topological polar surface area (TPSA) is 49.9 Å². The minimum Gasteiger partial charge on any atom is -0.378 e. The fraction of sp³-hybridized carbons (Fsp3) is 0.429. The van der Waals surface area contributed by atoms with Crippen molar-refractivity contribution in [3.8, 4) is 0 Å². The maximum Gasteiger partial charge on any atom is 0.236 e. The molecule has 2 rings (SSSR count). The molecular weight excluding hydrogens is 244 g/mol. The summed E-state index contributed by atoms with van der Waals surface area (Å²) in [5, 5.41) is 0. The maximum atomic E-state index is 12.0. The van der Waals surface area contributed by atoms with Crippen LogP contribution in [0.1, 0.15) is 6.42 Å². The highest BCUT2D eigenvalue weighted by Gasteiger charge is 2.21. The van der Waals surface area contributed by atoms with Crippen molar-refractivity contribution in [3.63, 3.8) is 0 Å². The van der Waals surface area contributed by atoms with E-state index in [2.05, 4.69) is 0 Å². The highest BCUT2D eigenvalue weighted by atomic mass is 16.5. The Morgan fingerprint density at radius 2 is 1.84 bits per heavy atom. The van der Waals surface area contributed by atoms with Gasteiger partial charge in [0.05, 0.1) is 13.2 Å². The van der Waals surface area contributed by atoms with Crippen LogP contribution in [0.3, 0.4) is 0 Å². The summed E-state index contributed by atoms with van der Waals surface area (Å²) in [6, 6.07) is 9.31. The molecule has 19 heavy (non-hydrogen) atoms. The van der Waals surface area contributed by atoms with Gasteiger partial charge in [-0.25, -0.2) is 0 Å². The van der Waals surface area contributed by atoms with Gasteiger partial charge in [0.1, 0.15) is 6.42 Å². The Bertz CT molecular complexity index is 441. The number of morpholine rings is 1. The van der Waals surface area contributed by atoms with E-state index in [9.17, 15) is 9.59 Å². The lowest BCUT2D eigenvalue weighted by molar-refractivity contribution is -0.138. The van der Waals surface area contributed by atoms with Crippen LogP contribution in [-0.2, 0) is 14.3 Å². The molecule has 1 saturated heterocycles. The summed E-state index contributed by atoms with van der Waals surface area (Å²) in [6.07, 6.45) is -0.0919. The molecule has 0 aliphatic carbocycles. The molecule has 5 nitrogen and oxygen atoms in total. The van der Waals surface area contributed by atoms with Crippen LogP contribution in [0.5, 0.6) is 0 Å². The van der Waals surface area contributed by atoms with Gasteiger partial charge in [-0.2, -0.15) is 0 Å². The van der Waals surface area contributed by atoms with Crippen LogP contribution >= 0.6 is 0 Å². The predicted molar refractivity (Wildman–Crippen MR) is 71.9 cm³/mol. The summed E-state index contributed by atoms with van der Waals surface area (Å²) in [5.74, 6) is -0.321. The van der Waals surface area contributed by atoms with Crippen LogP contribution in [-0.4, -0.2) is 50.1 Å². The molecule has 1 aromatic carbocycles. The predicted octanol–water partition coefficient (Wildman–Crippen LogP) is 0.898. The van der Waals surface area contributed by atoms with Crippen molar-refractivity contribution in [2.75, 3.05) is 38.3 Å². The fourth-order valence-corrected chi connectivity index (χ4v) is 1.97. The molecule has 0 spiro atoms. The number of rotatable bonds is 3. The van der Waals surface area contributed by atoms with Crippen molar-refractivity contribution < 1.29 is 14.3 Å². The number of carbonyl (C=O) groups excluding carboxylic acids is 2. The number of carbonyl (C=O) groups is 2. The smallest absolute Gasteiger partial charge is 0.236 e. The molecule has 0 radical (unpaired) electrons. The zero-order chi connectivity index (χ0) is 13.7. The van der Waals surface area contributed by atoms with E-state index in [4.69, 9.17) is 4.74 Å². The van der Waals surface area contributed by atoms with Crippen molar-refractivity contribution in [2.24, 2.45) is 0 Å². The highest BCUT2D eigenvalue weighted by molar-refractivity contribution is 6.04. The van der Waals surface area contributed by atoms with Gasteiger partial charge in [0, 0.05) is 25.8 Å². The number of hydrogen-bond donors (Lipinski definition) is 0. The van der Waals surface area contributed by atoms with E-state index >= 15 is 0 Å². The fourth-order valence-electron chi connectivity index (χ4n) is 1.97. The summed E-state index contributed by atoms with van der Waals surface area (Å²) in [7, 11) is 1.68. The zero-order valence-electron chi connectivity index (χ0n) is 11.0. The van der Waals surface area contributed by atoms with E-state index < -0.39 is 0 Å². The van der Waals surface area contributed by atoms with Crippen LogP contribution < -0.4 is 4.90 Å². The Kier molecular flexibility index (Phi) is 4.52. The Morgan fingerprint density at radius 1 is 1.21 bits per heavy atom. The Labute approximate surface area is 112 Å². The summed E-state index contributed by atoms with van der Waals surface area (Å²) in [5.41, 5.74) is 0.794. The van der Waals surface area contributed by atoms with Gasteiger partial charge >= 0.3 is 0 Å². The van der Waals surface area contributed by atoms with Crippen molar-refractivity contribution in [3.05, 3.63) is 30.3 Å². The first-order chi connectivity index (χ1) is 9.18. The van der Waals surface area contributed by atoms with Crippen molar-refractivity contribution >= 4 is 17.5 Å². The van der Waals surface area contributed by atoms with Gasteiger partial charge in [0.25, 0.3) is 0 Å². The monoisotopic (exact) mass is 262 g/mol. The molecular formula is C14H18N2O3. The minimum absolute atomic E-state index is 0.0919. The number of para-hydroxylation sites is 1. The summed E-state index contributed by atoms with van der Waals surface area (Å²) in [4.78, 5) is 27.2. The van der Waals surface area contributed by atoms with E-state index in [1.54, 1.807) is 11.9 Å². The molecule has 102 valence electrons. The lowest BCUT2D eigenvalue weighted by atomic mass is 10.2. The third-order valence-electron chi connectivity index (χ3n) is 3.18. The largest absolute Gasteiger partial charge is 0.378 e.